The highest BCUT2D eigenvalue weighted by Gasteiger charge is 2.09. The fourth-order valence-electron chi connectivity index (χ4n) is 1.31. The zero-order chi connectivity index (χ0) is 13.5. The topological polar surface area (TPSA) is 78.4 Å². The Morgan fingerprint density at radius 2 is 2.17 bits per heavy atom. The molecule has 0 aliphatic heterocycles. The third-order valence-electron chi connectivity index (χ3n) is 2.19. The van der Waals surface area contributed by atoms with Crippen LogP contribution >= 0.6 is 22.9 Å². The van der Waals surface area contributed by atoms with Gasteiger partial charge in [-0.15, -0.1) is 11.3 Å². The van der Waals surface area contributed by atoms with Crippen LogP contribution in [0.2, 0.25) is 4.34 Å². The number of urea groups is 1. The molecule has 0 radical (unpaired) electrons. The maximum atomic E-state index is 11.4. The first-order chi connectivity index (χ1) is 8.47. The molecule has 1 heterocycles. The first-order valence-electron chi connectivity index (χ1n) is 5.45. The van der Waals surface area contributed by atoms with E-state index in [1.165, 1.54) is 11.3 Å². The Morgan fingerprint density at radius 1 is 1.44 bits per heavy atom. The first kappa shape index (κ1) is 14.8. The number of hydrogen-bond acceptors (Lipinski definition) is 3. The number of carboxylic acid groups (broad SMARTS) is 1. The van der Waals surface area contributed by atoms with Crippen LogP contribution in [0.3, 0.4) is 0 Å². The van der Waals surface area contributed by atoms with E-state index >= 15 is 0 Å². The molecule has 0 bridgehead atoms. The molecule has 0 aromatic carbocycles. The summed E-state index contributed by atoms with van der Waals surface area (Å²) in [6.07, 6.45) is 0.0425. The van der Waals surface area contributed by atoms with Gasteiger partial charge in [-0.2, -0.15) is 0 Å². The molecule has 1 aromatic rings. The zero-order valence-corrected chi connectivity index (χ0v) is 11.5. The lowest BCUT2D eigenvalue weighted by Crippen LogP contribution is -2.37. The van der Waals surface area contributed by atoms with Crippen molar-refractivity contribution in [1.82, 2.24) is 10.6 Å². The van der Waals surface area contributed by atoms with Crippen molar-refractivity contribution < 1.29 is 14.7 Å². The zero-order valence-electron chi connectivity index (χ0n) is 9.90. The molecule has 18 heavy (non-hydrogen) atoms. The van der Waals surface area contributed by atoms with Crippen LogP contribution in [0.5, 0.6) is 0 Å². The summed E-state index contributed by atoms with van der Waals surface area (Å²) in [6.45, 7) is 2.52. The van der Waals surface area contributed by atoms with E-state index < -0.39 is 5.97 Å². The number of hydrogen-bond donors (Lipinski definition) is 3. The van der Waals surface area contributed by atoms with E-state index in [0.29, 0.717) is 17.4 Å². The highest BCUT2D eigenvalue weighted by molar-refractivity contribution is 7.16. The molecule has 0 saturated carbocycles. The van der Waals surface area contributed by atoms with Gasteiger partial charge in [-0.1, -0.05) is 18.5 Å². The lowest BCUT2D eigenvalue weighted by molar-refractivity contribution is -0.137. The van der Waals surface area contributed by atoms with Crippen molar-refractivity contribution in [3.05, 3.63) is 21.3 Å². The summed E-state index contributed by atoms with van der Waals surface area (Å²) in [5.41, 5.74) is 0. The minimum absolute atomic E-state index is 0.0425. The molecule has 1 atom stereocenters. The Balaban J connectivity index is 2.19. The van der Waals surface area contributed by atoms with Gasteiger partial charge in [0.15, 0.2) is 0 Å². The number of aliphatic carboxylic acids is 1. The maximum absolute atomic E-state index is 11.4. The third-order valence-corrected chi connectivity index (χ3v) is 3.42. The van der Waals surface area contributed by atoms with Gasteiger partial charge in [-0.3, -0.25) is 4.79 Å². The molecule has 1 aromatic heterocycles. The summed E-state index contributed by atoms with van der Waals surface area (Å²) < 4.78 is 0.683. The normalized spacial score (nSPS) is 11.9. The number of carbonyl (C=O) groups is 2. The van der Waals surface area contributed by atoms with Gasteiger partial charge in [0.25, 0.3) is 0 Å². The monoisotopic (exact) mass is 290 g/mol. The predicted octanol–water partition coefficient (Wildman–Crippen LogP) is 2.31. The van der Waals surface area contributed by atoms with Crippen molar-refractivity contribution in [3.63, 3.8) is 0 Å². The van der Waals surface area contributed by atoms with Crippen molar-refractivity contribution in [2.45, 2.75) is 19.9 Å². The SMILES string of the molecule is CC(CNC(=O)NCc1ccc(Cl)s1)CC(=O)O. The summed E-state index contributed by atoms with van der Waals surface area (Å²) in [7, 11) is 0. The summed E-state index contributed by atoms with van der Waals surface area (Å²) in [5.74, 6) is -0.956. The number of amides is 2. The van der Waals surface area contributed by atoms with Crippen molar-refractivity contribution in [2.75, 3.05) is 6.54 Å². The summed E-state index contributed by atoms with van der Waals surface area (Å²) >= 11 is 7.17. The number of thiophene rings is 1. The van der Waals surface area contributed by atoms with E-state index in [-0.39, 0.29) is 18.4 Å². The average molecular weight is 291 g/mol. The van der Waals surface area contributed by atoms with Crippen LogP contribution in [0.4, 0.5) is 4.79 Å². The molecular weight excluding hydrogens is 276 g/mol. The molecular formula is C11H15ClN2O3S. The van der Waals surface area contributed by atoms with E-state index in [0.717, 1.165) is 4.88 Å². The van der Waals surface area contributed by atoms with Crippen molar-refractivity contribution in [2.24, 2.45) is 5.92 Å². The highest BCUT2D eigenvalue weighted by Crippen LogP contribution is 2.20. The molecule has 2 amide bonds. The van der Waals surface area contributed by atoms with E-state index in [2.05, 4.69) is 10.6 Å². The Morgan fingerprint density at radius 3 is 2.72 bits per heavy atom. The van der Waals surface area contributed by atoms with Gasteiger partial charge >= 0.3 is 12.0 Å². The van der Waals surface area contributed by atoms with Crippen LogP contribution in [0.15, 0.2) is 12.1 Å². The van der Waals surface area contributed by atoms with Gasteiger partial charge in [-0.25, -0.2) is 4.79 Å². The second-order valence-electron chi connectivity index (χ2n) is 3.97. The van der Waals surface area contributed by atoms with Gasteiger partial charge < -0.3 is 15.7 Å². The maximum Gasteiger partial charge on any atom is 0.315 e. The van der Waals surface area contributed by atoms with Gasteiger partial charge in [-0.05, 0) is 18.1 Å². The predicted molar refractivity (Wildman–Crippen MR) is 71.0 cm³/mol. The van der Waals surface area contributed by atoms with Crippen molar-refractivity contribution >= 4 is 34.9 Å². The number of nitrogens with one attached hydrogen (secondary N) is 2. The molecule has 1 unspecified atom stereocenters. The van der Waals surface area contributed by atoms with Gasteiger partial charge in [0.1, 0.15) is 0 Å². The van der Waals surface area contributed by atoms with Crippen LogP contribution < -0.4 is 10.6 Å². The van der Waals surface area contributed by atoms with E-state index in [4.69, 9.17) is 16.7 Å². The molecule has 0 fully saturated rings. The van der Waals surface area contributed by atoms with E-state index in [1.54, 1.807) is 13.0 Å². The number of carboxylic acids is 1. The molecule has 0 aliphatic carbocycles. The highest BCUT2D eigenvalue weighted by atomic mass is 35.5. The van der Waals surface area contributed by atoms with Crippen LogP contribution in [-0.4, -0.2) is 23.7 Å². The second-order valence-corrected chi connectivity index (χ2v) is 5.77. The quantitative estimate of drug-likeness (QED) is 0.752. The molecule has 5 nitrogen and oxygen atoms in total. The van der Waals surface area contributed by atoms with Gasteiger partial charge in [0.2, 0.25) is 0 Å². The van der Waals surface area contributed by atoms with Crippen molar-refractivity contribution in [1.29, 1.82) is 0 Å². The smallest absolute Gasteiger partial charge is 0.315 e. The van der Waals surface area contributed by atoms with Crippen LogP contribution in [0.25, 0.3) is 0 Å². The van der Waals surface area contributed by atoms with Crippen LogP contribution in [-0.2, 0) is 11.3 Å². The lowest BCUT2D eigenvalue weighted by atomic mass is 10.1. The Labute approximate surface area is 114 Å². The second kappa shape index (κ2) is 7.23. The largest absolute Gasteiger partial charge is 0.481 e. The van der Waals surface area contributed by atoms with E-state index in [9.17, 15) is 9.59 Å². The molecule has 0 aliphatic rings. The minimum Gasteiger partial charge on any atom is -0.481 e. The molecule has 100 valence electrons. The average Bonchev–Trinajstić information content (AvgIpc) is 2.69. The van der Waals surface area contributed by atoms with Gasteiger partial charge in [0.05, 0.1) is 10.9 Å². The number of rotatable bonds is 6. The number of carbonyl (C=O) groups excluding carboxylic acids is 1. The molecule has 1 rings (SSSR count). The first-order valence-corrected chi connectivity index (χ1v) is 6.64. The molecule has 7 heteroatoms. The lowest BCUT2D eigenvalue weighted by Gasteiger charge is -2.10. The Bertz CT molecular complexity index is 422. The standard InChI is InChI=1S/C11H15ClN2O3S/c1-7(4-10(15)16)5-13-11(17)14-6-8-2-3-9(12)18-8/h2-3,7H,4-6H2,1H3,(H,15,16)(H2,13,14,17). The minimum atomic E-state index is -0.863. The van der Waals surface area contributed by atoms with Crippen molar-refractivity contribution in [3.8, 4) is 0 Å². The fraction of sp³-hybridized carbons (Fsp3) is 0.455. The Hall–Kier alpha value is -1.27. The molecule has 0 saturated heterocycles. The summed E-state index contributed by atoms with van der Waals surface area (Å²) in [4.78, 5) is 22.8. The summed E-state index contributed by atoms with van der Waals surface area (Å²) in [5, 5.41) is 13.9. The summed E-state index contributed by atoms with van der Waals surface area (Å²) in [6, 6.07) is 3.31. The van der Waals surface area contributed by atoms with Crippen LogP contribution in [0, 0.1) is 5.92 Å². The van der Waals surface area contributed by atoms with E-state index in [1.807, 2.05) is 6.07 Å². The molecule has 3 N–H and O–H groups in total. The number of halogens is 1. The van der Waals surface area contributed by atoms with Gasteiger partial charge in [0, 0.05) is 17.8 Å². The fourth-order valence-corrected chi connectivity index (χ4v) is 2.34. The molecule has 0 spiro atoms. The Kier molecular flexibility index (Phi) is 5.94. The van der Waals surface area contributed by atoms with Crippen LogP contribution in [0.1, 0.15) is 18.2 Å². The third kappa shape index (κ3) is 5.88.